The van der Waals surface area contributed by atoms with Crippen LogP contribution in [-0.2, 0) is 6.54 Å². The summed E-state index contributed by atoms with van der Waals surface area (Å²) in [5, 5.41) is 13.0. The Morgan fingerprint density at radius 1 is 1.33 bits per heavy atom. The third-order valence-corrected chi connectivity index (χ3v) is 3.19. The maximum Gasteiger partial charge on any atom is 0.165 e. The Morgan fingerprint density at radius 3 is 2.50 bits per heavy atom. The van der Waals surface area contributed by atoms with Crippen LogP contribution in [0.4, 0.5) is 4.39 Å². The summed E-state index contributed by atoms with van der Waals surface area (Å²) in [4.78, 5) is 0. The van der Waals surface area contributed by atoms with E-state index in [1.54, 1.807) is 6.07 Å². The molecule has 0 heterocycles. The van der Waals surface area contributed by atoms with E-state index in [9.17, 15) is 9.50 Å². The van der Waals surface area contributed by atoms with Gasteiger partial charge in [0.1, 0.15) is 6.61 Å². The summed E-state index contributed by atoms with van der Waals surface area (Å²) >= 11 is 0. The summed E-state index contributed by atoms with van der Waals surface area (Å²) in [6.07, 6.45) is 1.17. The number of aliphatic hydroxyl groups is 1. The summed E-state index contributed by atoms with van der Waals surface area (Å²) in [6, 6.07) is 4.86. The van der Waals surface area contributed by atoms with Gasteiger partial charge in [0.05, 0.1) is 5.60 Å². The van der Waals surface area contributed by atoms with Gasteiger partial charge in [-0.1, -0.05) is 19.9 Å². The smallest absolute Gasteiger partial charge is 0.165 e. The van der Waals surface area contributed by atoms with Gasteiger partial charge in [0.15, 0.2) is 11.6 Å². The second-order valence-corrected chi connectivity index (χ2v) is 4.52. The summed E-state index contributed by atoms with van der Waals surface area (Å²) in [5.74, 6) is -0.201. The van der Waals surface area contributed by atoms with Crippen molar-refractivity contribution in [3.8, 4) is 5.75 Å². The lowest BCUT2D eigenvalue weighted by Gasteiger charge is -2.25. The van der Waals surface area contributed by atoms with E-state index >= 15 is 0 Å². The van der Waals surface area contributed by atoms with Crippen molar-refractivity contribution in [2.24, 2.45) is 0 Å². The molecule has 0 aromatic heterocycles. The lowest BCUT2D eigenvalue weighted by atomic mass is 9.99. The molecule has 0 unspecified atom stereocenters. The molecule has 0 radical (unpaired) electrons. The highest BCUT2D eigenvalue weighted by Gasteiger charge is 2.23. The minimum atomic E-state index is -0.879. The number of benzene rings is 1. The zero-order chi connectivity index (χ0) is 13.6. The molecule has 18 heavy (non-hydrogen) atoms. The largest absolute Gasteiger partial charge is 0.488 e. The number of halogens is 1. The highest BCUT2D eigenvalue weighted by Crippen LogP contribution is 2.22. The van der Waals surface area contributed by atoms with Crippen LogP contribution < -0.4 is 10.1 Å². The van der Waals surface area contributed by atoms with E-state index in [4.69, 9.17) is 4.74 Å². The average Bonchev–Trinajstić information content (AvgIpc) is 2.38. The third kappa shape index (κ3) is 3.96. The molecule has 1 aromatic rings. The average molecular weight is 255 g/mol. The number of ether oxygens (including phenoxy) is 1. The van der Waals surface area contributed by atoms with Crippen molar-refractivity contribution in [1.82, 2.24) is 5.32 Å². The van der Waals surface area contributed by atoms with Gasteiger partial charge in [-0.2, -0.15) is 0 Å². The first-order chi connectivity index (χ1) is 8.54. The first kappa shape index (κ1) is 14.9. The van der Waals surface area contributed by atoms with Crippen molar-refractivity contribution in [2.75, 3.05) is 13.7 Å². The summed E-state index contributed by atoms with van der Waals surface area (Å²) in [7, 11) is 1.81. The van der Waals surface area contributed by atoms with Crippen molar-refractivity contribution in [2.45, 2.75) is 38.8 Å². The van der Waals surface area contributed by atoms with Gasteiger partial charge in [-0.25, -0.2) is 4.39 Å². The van der Waals surface area contributed by atoms with Crippen LogP contribution in [-0.4, -0.2) is 24.4 Å². The molecule has 0 saturated carbocycles. The number of hydrogen-bond donors (Lipinski definition) is 2. The molecule has 0 fully saturated rings. The molecule has 1 rings (SSSR count). The molecule has 0 saturated heterocycles. The van der Waals surface area contributed by atoms with E-state index in [0.717, 1.165) is 5.56 Å². The quantitative estimate of drug-likeness (QED) is 0.786. The Hall–Kier alpha value is -1.13. The van der Waals surface area contributed by atoms with E-state index in [1.807, 2.05) is 27.0 Å². The molecular formula is C14H22FNO2. The molecule has 4 heteroatoms. The minimum absolute atomic E-state index is 0.113. The van der Waals surface area contributed by atoms with Crippen LogP contribution in [0.3, 0.4) is 0 Å². The normalized spacial score (nSPS) is 11.6. The summed E-state index contributed by atoms with van der Waals surface area (Å²) in [6.45, 7) is 4.51. The first-order valence-electron chi connectivity index (χ1n) is 6.33. The van der Waals surface area contributed by atoms with Gasteiger partial charge >= 0.3 is 0 Å². The van der Waals surface area contributed by atoms with Crippen molar-refractivity contribution in [3.05, 3.63) is 29.6 Å². The van der Waals surface area contributed by atoms with Gasteiger partial charge < -0.3 is 15.2 Å². The van der Waals surface area contributed by atoms with Crippen LogP contribution in [0.5, 0.6) is 5.75 Å². The maximum atomic E-state index is 13.7. The topological polar surface area (TPSA) is 41.5 Å². The van der Waals surface area contributed by atoms with Crippen LogP contribution >= 0.6 is 0 Å². The Kier molecular flexibility index (Phi) is 5.56. The van der Waals surface area contributed by atoms with Gasteiger partial charge in [0.2, 0.25) is 0 Å². The second kappa shape index (κ2) is 6.71. The molecule has 0 aliphatic carbocycles. The fraction of sp³-hybridized carbons (Fsp3) is 0.571. The first-order valence-corrected chi connectivity index (χ1v) is 6.33. The van der Waals surface area contributed by atoms with Crippen molar-refractivity contribution in [3.63, 3.8) is 0 Å². The molecule has 0 amide bonds. The minimum Gasteiger partial charge on any atom is -0.488 e. The van der Waals surface area contributed by atoms with Gasteiger partial charge in [0.25, 0.3) is 0 Å². The van der Waals surface area contributed by atoms with E-state index in [2.05, 4.69) is 5.32 Å². The SMILES string of the molecule is CCC(O)(CC)COc1ccc(CNC)cc1F. The zero-order valence-electron chi connectivity index (χ0n) is 11.3. The van der Waals surface area contributed by atoms with Crippen LogP contribution in [0.15, 0.2) is 18.2 Å². The molecular weight excluding hydrogens is 233 g/mol. The predicted molar refractivity (Wildman–Crippen MR) is 70.2 cm³/mol. The van der Waals surface area contributed by atoms with E-state index in [-0.39, 0.29) is 12.4 Å². The Balaban J connectivity index is 2.68. The molecule has 102 valence electrons. The molecule has 0 atom stereocenters. The lowest BCUT2D eigenvalue weighted by molar-refractivity contribution is -0.0123. The molecule has 0 spiro atoms. The van der Waals surface area contributed by atoms with Crippen LogP contribution in [0.2, 0.25) is 0 Å². The molecule has 2 N–H and O–H groups in total. The summed E-state index contributed by atoms with van der Waals surface area (Å²) in [5.41, 5.74) is -0.0144. The van der Waals surface area contributed by atoms with Crippen LogP contribution in [0.1, 0.15) is 32.3 Å². The lowest BCUT2D eigenvalue weighted by Crippen LogP contribution is -2.34. The van der Waals surface area contributed by atoms with Gasteiger partial charge in [-0.3, -0.25) is 0 Å². The second-order valence-electron chi connectivity index (χ2n) is 4.52. The molecule has 0 aliphatic heterocycles. The van der Waals surface area contributed by atoms with E-state index in [0.29, 0.717) is 19.4 Å². The molecule has 1 aromatic carbocycles. The van der Waals surface area contributed by atoms with Crippen molar-refractivity contribution in [1.29, 1.82) is 0 Å². The zero-order valence-corrected chi connectivity index (χ0v) is 11.3. The Labute approximate surface area is 108 Å². The highest BCUT2D eigenvalue weighted by molar-refractivity contribution is 5.29. The number of nitrogens with one attached hydrogen (secondary N) is 1. The van der Waals surface area contributed by atoms with Gasteiger partial charge in [-0.15, -0.1) is 0 Å². The molecule has 0 aliphatic rings. The highest BCUT2D eigenvalue weighted by atomic mass is 19.1. The van der Waals surface area contributed by atoms with Gasteiger partial charge in [-0.05, 0) is 37.6 Å². The third-order valence-electron chi connectivity index (χ3n) is 3.19. The predicted octanol–water partition coefficient (Wildman–Crippen LogP) is 2.48. The molecule has 0 bridgehead atoms. The van der Waals surface area contributed by atoms with Crippen molar-refractivity contribution >= 4 is 0 Å². The number of rotatable bonds is 7. The van der Waals surface area contributed by atoms with E-state index < -0.39 is 11.4 Å². The summed E-state index contributed by atoms with van der Waals surface area (Å²) < 4.78 is 19.1. The Morgan fingerprint density at radius 2 is 2.00 bits per heavy atom. The maximum absolute atomic E-state index is 13.7. The Bertz CT molecular complexity index is 378. The standard InChI is InChI=1S/C14H22FNO2/c1-4-14(17,5-2)10-18-13-7-6-11(9-16-3)8-12(13)15/h6-8,16-17H,4-5,9-10H2,1-3H3. The molecule has 3 nitrogen and oxygen atoms in total. The fourth-order valence-corrected chi connectivity index (χ4v) is 1.64. The monoisotopic (exact) mass is 255 g/mol. The van der Waals surface area contributed by atoms with Crippen LogP contribution in [0.25, 0.3) is 0 Å². The van der Waals surface area contributed by atoms with Crippen molar-refractivity contribution < 1.29 is 14.2 Å². The van der Waals surface area contributed by atoms with E-state index in [1.165, 1.54) is 6.07 Å². The van der Waals surface area contributed by atoms with Gasteiger partial charge in [0, 0.05) is 6.54 Å². The number of hydrogen-bond acceptors (Lipinski definition) is 3. The fourth-order valence-electron chi connectivity index (χ4n) is 1.64. The van der Waals surface area contributed by atoms with Crippen LogP contribution in [0, 0.1) is 5.82 Å².